The minimum absolute atomic E-state index is 0.0301. The fourth-order valence-electron chi connectivity index (χ4n) is 3.57. The summed E-state index contributed by atoms with van der Waals surface area (Å²) in [5.74, 6) is -1.48. The Morgan fingerprint density at radius 1 is 0.889 bits per heavy atom. The second-order valence-corrected chi connectivity index (χ2v) is 6.93. The molecule has 6 heteroatoms. The lowest BCUT2D eigenvalue weighted by atomic mass is 9.89. The van der Waals surface area contributed by atoms with Gasteiger partial charge in [0.05, 0.1) is 11.1 Å². The SMILES string of the molecule is O=C(O)c1cc2ccccc2cc1C(=O)NCCNC(=O)C1CCCCC1. The first-order valence-corrected chi connectivity index (χ1v) is 9.38. The molecule has 0 aliphatic heterocycles. The molecule has 0 aromatic heterocycles. The van der Waals surface area contributed by atoms with Crippen LogP contribution in [0.4, 0.5) is 0 Å². The lowest BCUT2D eigenvalue weighted by Crippen LogP contribution is -2.38. The van der Waals surface area contributed by atoms with Crippen molar-refractivity contribution in [2.45, 2.75) is 32.1 Å². The van der Waals surface area contributed by atoms with E-state index in [4.69, 9.17) is 0 Å². The Labute approximate surface area is 158 Å². The van der Waals surface area contributed by atoms with Gasteiger partial charge in [-0.1, -0.05) is 43.5 Å². The smallest absolute Gasteiger partial charge is 0.336 e. The first-order chi connectivity index (χ1) is 13.1. The van der Waals surface area contributed by atoms with Crippen LogP contribution >= 0.6 is 0 Å². The van der Waals surface area contributed by atoms with Crippen LogP contribution in [-0.2, 0) is 4.79 Å². The number of hydrogen-bond acceptors (Lipinski definition) is 3. The highest BCUT2D eigenvalue weighted by molar-refractivity contribution is 6.08. The predicted octanol–water partition coefficient (Wildman–Crippen LogP) is 2.96. The largest absolute Gasteiger partial charge is 0.478 e. The molecule has 142 valence electrons. The van der Waals surface area contributed by atoms with Gasteiger partial charge in [0.2, 0.25) is 5.91 Å². The van der Waals surface area contributed by atoms with Crippen LogP contribution in [-0.4, -0.2) is 36.0 Å². The second-order valence-electron chi connectivity index (χ2n) is 6.93. The van der Waals surface area contributed by atoms with E-state index >= 15 is 0 Å². The molecule has 1 fully saturated rings. The van der Waals surface area contributed by atoms with Crippen molar-refractivity contribution in [2.24, 2.45) is 5.92 Å². The molecule has 1 saturated carbocycles. The van der Waals surface area contributed by atoms with Crippen molar-refractivity contribution in [3.8, 4) is 0 Å². The summed E-state index contributed by atoms with van der Waals surface area (Å²) < 4.78 is 0. The maximum atomic E-state index is 12.5. The van der Waals surface area contributed by atoms with Crippen molar-refractivity contribution in [1.82, 2.24) is 10.6 Å². The maximum Gasteiger partial charge on any atom is 0.336 e. The molecule has 1 aliphatic rings. The Hall–Kier alpha value is -2.89. The maximum absolute atomic E-state index is 12.5. The van der Waals surface area contributed by atoms with Gasteiger partial charge in [-0.3, -0.25) is 9.59 Å². The number of rotatable bonds is 6. The summed E-state index contributed by atoms with van der Waals surface area (Å²) in [4.78, 5) is 36.1. The zero-order valence-electron chi connectivity index (χ0n) is 15.2. The van der Waals surface area contributed by atoms with Crippen molar-refractivity contribution in [3.63, 3.8) is 0 Å². The number of nitrogens with one attached hydrogen (secondary N) is 2. The van der Waals surface area contributed by atoms with Gasteiger partial charge in [-0.25, -0.2) is 4.79 Å². The Balaban J connectivity index is 1.59. The van der Waals surface area contributed by atoms with E-state index in [2.05, 4.69) is 10.6 Å². The van der Waals surface area contributed by atoms with Crippen molar-refractivity contribution in [1.29, 1.82) is 0 Å². The molecule has 2 amide bonds. The van der Waals surface area contributed by atoms with Crippen LogP contribution in [0.25, 0.3) is 10.8 Å². The zero-order valence-corrected chi connectivity index (χ0v) is 15.2. The molecule has 27 heavy (non-hydrogen) atoms. The van der Waals surface area contributed by atoms with E-state index in [9.17, 15) is 19.5 Å². The Morgan fingerprint density at radius 2 is 1.48 bits per heavy atom. The predicted molar refractivity (Wildman–Crippen MR) is 103 cm³/mol. The number of aromatic carboxylic acids is 1. The third-order valence-corrected chi connectivity index (χ3v) is 5.05. The summed E-state index contributed by atoms with van der Waals surface area (Å²) in [5, 5.41) is 16.6. The van der Waals surface area contributed by atoms with E-state index < -0.39 is 11.9 Å². The van der Waals surface area contributed by atoms with Gasteiger partial charge in [-0.15, -0.1) is 0 Å². The molecule has 3 rings (SSSR count). The van der Waals surface area contributed by atoms with Gasteiger partial charge in [-0.05, 0) is 35.7 Å². The molecule has 0 atom stereocenters. The fraction of sp³-hybridized carbons (Fsp3) is 0.381. The normalized spacial score (nSPS) is 14.7. The Kier molecular flexibility index (Phi) is 6.06. The van der Waals surface area contributed by atoms with Gasteiger partial charge in [0.1, 0.15) is 0 Å². The summed E-state index contributed by atoms with van der Waals surface area (Å²) in [6, 6.07) is 10.4. The molecule has 2 aromatic rings. The topological polar surface area (TPSA) is 95.5 Å². The summed E-state index contributed by atoms with van der Waals surface area (Å²) in [6.45, 7) is 0.584. The number of carboxylic acid groups (broad SMARTS) is 1. The van der Waals surface area contributed by atoms with Crippen molar-refractivity contribution >= 4 is 28.6 Å². The van der Waals surface area contributed by atoms with Gasteiger partial charge < -0.3 is 15.7 Å². The highest BCUT2D eigenvalue weighted by Crippen LogP contribution is 2.23. The highest BCUT2D eigenvalue weighted by atomic mass is 16.4. The first kappa shape index (κ1) is 18.9. The van der Waals surface area contributed by atoms with Crippen molar-refractivity contribution in [2.75, 3.05) is 13.1 Å². The molecule has 2 aromatic carbocycles. The quantitative estimate of drug-likeness (QED) is 0.683. The fourth-order valence-corrected chi connectivity index (χ4v) is 3.57. The van der Waals surface area contributed by atoms with Crippen molar-refractivity contribution in [3.05, 3.63) is 47.5 Å². The number of amides is 2. The van der Waals surface area contributed by atoms with Crippen LogP contribution < -0.4 is 10.6 Å². The van der Waals surface area contributed by atoms with E-state index in [0.717, 1.165) is 36.5 Å². The van der Waals surface area contributed by atoms with Crippen LogP contribution in [0, 0.1) is 5.92 Å². The summed E-state index contributed by atoms with van der Waals surface area (Å²) in [6.07, 6.45) is 5.23. The number of fused-ring (bicyclic) bond motifs is 1. The number of benzene rings is 2. The van der Waals surface area contributed by atoms with Gasteiger partial charge in [0.25, 0.3) is 5.91 Å². The van der Waals surface area contributed by atoms with Crippen LogP contribution in [0.1, 0.15) is 52.8 Å². The van der Waals surface area contributed by atoms with E-state index in [1.807, 2.05) is 24.3 Å². The number of carboxylic acids is 1. The number of carbonyl (C=O) groups excluding carboxylic acids is 2. The van der Waals surface area contributed by atoms with E-state index in [-0.39, 0.29) is 29.5 Å². The minimum atomic E-state index is -1.14. The summed E-state index contributed by atoms with van der Waals surface area (Å²) in [7, 11) is 0. The molecule has 1 aliphatic carbocycles. The summed E-state index contributed by atoms with van der Waals surface area (Å²) >= 11 is 0. The monoisotopic (exact) mass is 368 g/mol. The van der Waals surface area contributed by atoms with Crippen LogP contribution in [0.3, 0.4) is 0 Å². The zero-order chi connectivity index (χ0) is 19.2. The molecule has 0 radical (unpaired) electrons. The standard InChI is InChI=1S/C21H24N2O4/c24-19(14-6-2-1-3-7-14)22-10-11-23-20(25)17-12-15-8-4-5-9-16(15)13-18(17)21(26)27/h4-5,8-9,12-14H,1-3,6-7,10-11H2,(H,22,24)(H,23,25)(H,26,27). The second kappa shape index (κ2) is 8.66. The summed E-state index contributed by atoms with van der Waals surface area (Å²) in [5.41, 5.74) is 0.0947. The highest BCUT2D eigenvalue weighted by Gasteiger charge is 2.21. The van der Waals surface area contributed by atoms with Gasteiger partial charge in [-0.2, -0.15) is 0 Å². The third-order valence-electron chi connectivity index (χ3n) is 5.05. The lowest BCUT2D eigenvalue weighted by molar-refractivity contribution is -0.125. The molecular formula is C21H24N2O4. The molecule has 0 spiro atoms. The third kappa shape index (κ3) is 4.64. The van der Waals surface area contributed by atoms with Gasteiger partial charge in [0, 0.05) is 19.0 Å². The molecule has 0 unspecified atom stereocenters. The average Bonchev–Trinajstić information content (AvgIpc) is 2.70. The van der Waals surface area contributed by atoms with Crippen LogP contribution in [0.2, 0.25) is 0 Å². The van der Waals surface area contributed by atoms with Crippen molar-refractivity contribution < 1.29 is 19.5 Å². The van der Waals surface area contributed by atoms with Crippen LogP contribution in [0.5, 0.6) is 0 Å². The molecule has 0 heterocycles. The molecule has 3 N–H and O–H groups in total. The van der Waals surface area contributed by atoms with Gasteiger partial charge in [0.15, 0.2) is 0 Å². The van der Waals surface area contributed by atoms with E-state index in [0.29, 0.717) is 6.54 Å². The average molecular weight is 368 g/mol. The minimum Gasteiger partial charge on any atom is -0.478 e. The van der Waals surface area contributed by atoms with Gasteiger partial charge >= 0.3 is 5.97 Å². The molecular weight excluding hydrogens is 344 g/mol. The van der Waals surface area contributed by atoms with Crippen LogP contribution in [0.15, 0.2) is 36.4 Å². The van der Waals surface area contributed by atoms with E-state index in [1.54, 1.807) is 6.07 Å². The Bertz CT molecular complexity index is 856. The lowest BCUT2D eigenvalue weighted by Gasteiger charge is -2.20. The number of carbonyl (C=O) groups is 3. The first-order valence-electron chi connectivity index (χ1n) is 9.38. The molecule has 0 bridgehead atoms. The molecule has 0 saturated heterocycles. The van der Waals surface area contributed by atoms with E-state index in [1.165, 1.54) is 12.5 Å². The molecule has 6 nitrogen and oxygen atoms in total. The number of hydrogen-bond donors (Lipinski definition) is 3. The Morgan fingerprint density at radius 3 is 2.11 bits per heavy atom.